The van der Waals surface area contributed by atoms with Crippen molar-refractivity contribution in [3.8, 4) is 0 Å². The number of Topliss-reactive ketones (excluding diaryl/α,β-unsaturated/α-hetero) is 2. The van der Waals surface area contributed by atoms with Gasteiger partial charge < -0.3 is 9.47 Å². The largest absolute Gasteiger partial charge is 0.382 e. The second kappa shape index (κ2) is 7.00. The van der Waals surface area contributed by atoms with Gasteiger partial charge >= 0.3 is 0 Å². The quantitative estimate of drug-likeness (QED) is 0.470. The molecule has 0 spiro atoms. The van der Waals surface area contributed by atoms with E-state index in [4.69, 9.17) is 9.47 Å². The fourth-order valence-electron chi connectivity index (χ4n) is 1.42. The molecule has 0 atom stereocenters. The van der Waals surface area contributed by atoms with Crippen LogP contribution in [0, 0.1) is 5.41 Å². The number of carbonyl (C=O) groups is 2. The average Bonchev–Trinajstić information content (AvgIpc) is 2.28. The normalized spacial score (nSPS) is 12.6. The zero-order valence-corrected chi connectivity index (χ0v) is 12.5. The summed E-state index contributed by atoms with van der Waals surface area (Å²) in [6, 6.07) is 0. The van der Waals surface area contributed by atoms with E-state index in [0.29, 0.717) is 19.6 Å². The van der Waals surface area contributed by atoms with Crippen LogP contribution in [0.3, 0.4) is 0 Å². The first-order valence-electron chi connectivity index (χ1n) is 6.37. The summed E-state index contributed by atoms with van der Waals surface area (Å²) in [5.41, 5.74) is -1.33. The van der Waals surface area contributed by atoms with E-state index in [1.807, 2.05) is 27.7 Å². The minimum absolute atomic E-state index is 0.0133. The van der Waals surface area contributed by atoms with E-state index in [1.54, 1.807) is 14.0 Å². The maximum atomic E-state index is 12.2. The van der Waals surface area contributed by atoms with Crippen LogP contribution in [0.15, 0.2) is 0 Å². The predicted octanol–water partition coefficient (Wildman–Crippen LogP) is 2.39. The van der Waals surface area contributed by atoms with Crippen LogP contribution in [-0.2, 0) is 19.1 Å². The first kappa shape index (κ1) is 17.3. The first-order chi connectivity index (χ1) is 8.19. The van der Waals surface area contributed by atoms with E-state index in [9.17, 15) is 9.59 Å². The molecule has 0 aromatic rings. The van der Waals surface area contributed by atoms with Crippen molar-refractivity contribution in [1.82, 2.24) is 0 Å². The minimum atomic E-state index is -0.703. The van der Waals surface area contributed by atoms with Gasteiger partial charge in [-0.1, -0.05) is 20.8 Å². The van der Waals surface area contributed by atoms with Crippen molar-refractivity contribution in [2.45, 2.75) is 53.1 Å². The zero-order chi connectivity index (χ0) is 14.4. The standard InChI is InChI=1S/C14H26O4/c1-7-11(15)10-12(16)13(2,3)14(4,5)18-9-8-17-6/h7-10H2,1-6H3. The summed E-state index contributed by atoms with van der Waals surface area (Å²) in [7, 11) is 1.60. The third-order valence-electron chi connectivity index (χ3n) is 3.70. The maximum Gasteiger partial charge on any atom is 0.148 e. The number of ether oxygens (including phenoxy) is 2. The highest BCUT2D eigenvalue weighted by Crippen LogP contribution is 2.35. The zero-order valence-electron chi connectivity index (χ0n) is 12.5. The summed E-state index contributed by atoms with van der Waals surface area (Å²) in [5, 5.41) is 0. The van der Waals surface area contributed by atoms with Gasteiger partial charge in [0, 0.05) is 13.5 Å². The summed E-state index contributed by atoms with van der Waals surface area (Å²) in [4.78, 5) is 23.6. The van der Waals surface area contributed by atoms with Crippen LogP contribution in [0.1, 0.15) is 47.5 Å². The van der Waals surface area contributed by atoms with E-state index < -0.39 is 11.0 Å². The maximum absolute atomic E-state index is 12.2. The molecular formula is C14H26O4. The molecule has 0 aliphatic rings. The van der Waals surface area contributed by atoms with Gasteiger partial charge in [0.15, 0.2) is 0 Å². The van der Waals surface area contributed by atoms with Crippen molar-refractivity contribution >= 4 is 11.6 Å². The van der Waals surface area contributed by atoms with Crippen molar-refractivity contribution in [2.75, 3.05) is 20.3 Å². The average molecular weight is 258 g/mol. The molecule has 0 aromatic carbocycles. The van der Waals surface area contributed by atoms with Crippen molar-refractivity contribution in [3.05, 3.63) is 0 Å². The molecule has 106 valence electrons. The lowest BCUT2D eigenvalue weighted by molar-refractivity contribution is -0.152. The summed E-state index contributed by atoms with van der Waals surface area (Å²) in [6.07, 6.45) is 0.382. The molecule has 0 aliphatic carbocycles. The molecule has 0 fully saturated rings. The van der Waals surface area contributed by atoms with E-state index in [0.717, 1.165) is 0 Å². The Balaban J connectivity index is 4.66. The van der Waals surface area contributed by atoms with Gasteiger partial charge in [-0.3, -0.25) is 9.59 Å². The lowest BCUT2D eigenvalue weighted by atomic mass is 9.72. The SMILES string of the molecule is CCC(=O)CC(=O)C(C)(C)C(C)(C)OCCOC. The number of hydrogen-bond donors (Lipinski definition) is 0. The lowest BCUT2D eigenvalue weighted by Gasteiger charge is -2.40. The summed E-state index contributed by atoms with van der Waals surface area (Å²) >= 11 is 0. The molecule has 4 nitrogen and oxygen atoms in total. The van der Waals surface area contributed by atoms with Gasteiger partial charge in [-0.05, 0) is 13.8 Å². The van der Waals surface area contributed by atoms with E-state index in [-0.39, 0.29) is 18.0 Å². The molecule has 0 aliphatic heterocycles. The lowest BCUT2D eigenvalue weighted by Crippen LogP contribution is -2.48. The molecule has 0 N–H and O–H groups in total. The monoisotopic (exact) mass is 258 g/mol. The van der Waals surface area contributed by atoms with Crippen molar-refractivity contribution in [2.24, 2.45) is 5.41 Å². The Morgan fingerprint density at radius 2 is 1.61 bits per heavy atom. The number of ketones is 2. The number of rotatable bonds is 9. The summed E-state index contributed by atoms with van der Waals surface area (Å²) < 4.78 is 10.6. The fourth-order valence-corrected chi connectivity index (χ4v) is 1.42. The molecule has 0 aromatic heterocycles. The van der Waals surface area contributed by atoms with E-state index in [1.165, 1.54) is 0 Å². The topological polar surface area (TPSA) is 52.6 Å². The number of hydrogen-bond acceptors (Lipinski definition) is 4. The molecule has 0 bridgehead atoms. The van der Waals surface area contributed by atoms with Gasteiger partial charge in [0.2, 0.25) is 0 Å². The van der Waals surface area contributed by atoms with Crippen LogP contribution in [0.5, 0.6) is 0 Å². The van der Waals surface area contributed by atoms with Crippen molar-refractivity contribution in [1.29, 1.82) is 0 Å². The van der Waals surface area contributed by atoms with Gasteiger partial charge in [-0.2, -0.15) is 0 Å². The van der Waals surface area contributed by atoms with Gasteiger partial charge in [0.25, 0.3) is 0 Å². The molecule has 18 heavy (non-hydrogen) atoms. The molecule has 4 heteroatoms. The third kappa shape index (κ3) is 4.50. The number of carbonyl (C=O) groups excluding carboxylic acids is 2. The molecule has 0 amide bonds. The molecular weight excluding hydrogens is 232 g/mol. The van der Waals surface area contributed by atoms with Crippen LogP contribution in [-0.4, -0.2) is 37.5 Å². The van der Waals surface area contributed by atoms with Crippen LogP contribution in [0.25, 0.3) is 0 Å². The molecule has 0 saturated carbocycles. The van der Waals surface area contributed by atoms with Crippen LogP contribution in [0.2, 0.25) is 0 Å². The minimum Gasteiger partial charge on any atom is -0.382 e. The van der Waals surface area contributed by atoms with Crippen molar-refractivity contribution in [3.63, 3.8) is 0 Å². The Bertz CT molecular complexity index is 292. The van der Waals surface area contributed by atoms with Crippen LogP contribution >= 0.6 is 0 Å². The molecule has 0 heterocycles. The van der Waals surface area contributed by atoms with Crippen LogP contribution in [0.4, 0.5) is 0 Å². The molecule has 0 rings (SSSR count). The smallest absolute Gasteiger partial charge is 0.148 e. The highest BCUT2D eigenvalue weighted by Gasteiger charge is 2.43. The van der Waals surface area contributed by atoms with Gasteiger partial charge in [-0.25, -0.2) is 0 Å². The van der Waals surface area contributed by atoms with Gasteiger partial charge in [-0.15, -0.1) is 0 Å². The highest BCUT2D eigenvalue weighted by molar-refractivity contribution is 6.01. The Morgan fingerprint density at radius 1 is 1.06 bits per heavy atom. The van der Waals surface area contributed by atoms with Crippen LogP contribution < -0.4 is 0 Å². The third-order valence-corrected chi connectivity index (χ3v) is 3.70. The second-order valence-corrected chi connectivity index (χ2v) is 5.47. The Hall–Kier alpha value is -0.740. The van der Waals surface area contributed by atoms with E-state index in [2.05, 4.69) is 0 Å². The predicted molar refractivity (Wildman–Crippen MR) is 70.6 cm³/mol. The van der Waals surface area contributed by atoms with Gasteiger partial charge in [0.05, 0.1) is 30.7 Å². The van der Waals surface area contributed by atoms with Gasteiger partial charge in [0.1, 0.15) is 11.6 Å². The molecule has 0 radical (unpaired) electrons. The first-order valence-corrected chi connectivity index (χ1v) is 6.37. The van der Waals surface area contributed by atoms with E-state index >= 15 is 0 Å². The summed E-state index contributed by atoms with van der Waals surface area (Å²) in [5.74, 6) is -0.0995. The Kier molecular flexibility index (Phi) is 6.71. The Labute approximate surface area is 110 Å². The highest BCUT2D eigenvalue weighted by atomic mass is 16.5. The summed E-state index contributed by atoms with van der Waals surface area (Å²) in [6.45, 7) is 10.1. The number of methoxy groups -OCH3 is 1. The van der Waals surface area contributed by atoms with Crippen molar-refractivity contribution < 1.29 is 19.1 Å². The second-order valence-electron chi connectivity index (χ2n) is 5.47. The Morgan fingerprint density at radius 3 is 2.06 bits per heavy atom. The molecule has 0 unspecified atom stereocenters. The molecule has 0 saturated heterocycles. The fraction of sp³-hybridized carbons (Fsp3) is 0.857.